The number of hydrogen-bond donors (Lipinski definition) is 3. The van der Waals surface area contributed by atoms with Crippen LogP contribution in [0.5, 0.6) is 0 Å². The average molecular weight is 2090 g/mol. The number of halogens is 23. The van der Waals surface area contributed by atoms with Gasteiger partial charge in [0.1, 0.15) is 53.4 Å². The van der Waals surface area contributed by atoms with Gasteiger partial charge < -0.3 is 45.3 Å². The topological polar surface area (TPSA) is 459 Å². The average Bonchev–Trinajstić information content (AvgIpc) is 1.67. The van der Waals surface area contributed by atoms with Crippen molar-refractivity contribution in [3.8, 4) is 0 Å². The fourth-order valence-electron chi connectivity index (χ4n) is 9.92. The van der Waals surface area contributed by atoms with Gasteiger partial charge in [-0.25, -0.2) is 83.8 Å². The molecule has 33 nitrogen and oxygen atoms in total. The number of aromatic carboxylic acids is 1. The van der Waals surface area contributed by atoms with Crippen molar-refractivity contribution < 1.29 is 170 Å². The number of ether oxygens (including phenoxy) is 5. The number of carboxylic acid groups (broad SMARTS) is 1. The number of benzene rings is 4. The van der Waals surface area contributed by atoms with Crippen LogP contribution in [-0.4, -0.2) is 172 Å². The quantitative estimate of drug-likeness (QED) is 0.00829. The molecular weight excluding hydrogens is 2020 g/mol. The summed E-state index contributed by atoms with van der Waals surface area (Å²) in [5.74, 6) is -6.45. The number of nitrogens with one attached hydrogen (secondary N) is 1. The minimum atomic E-state index is -4.68. The summed E-state index contributed by atoms with van der Waals surface area (Å²) in [5, 5.41) is 7.06. The molecule has 0 spiro atoms. The molecule has 1 amide bonds. The number of nitrogens with two attached hydrogens (primary N) is 1. The van der Waals surface area contributed by atoms with Crippen molar-refractivity contribution in [3.05, 3.63) is 298 Å². The van der Waals surface area contributed by atoms with E-state index in [0.717, 1.165) is 89.0 Å². The molecular formula is C81H71Cl5F18LiN18O15P. The first-order valence-corrected chi connectivity index (χ1v) is 42.7. The third-order valence-electron chi connectivity index (χ3n) is 15.5. The summed E-state index contributed by atoms with van der Waals surface area (Å²) in [6, 6.07) is 37.8. The number of rotatable bonds is 22. The van der Waals surface area contributed by atoms with Crippen molar-refractivity contribution in [2.75, 3.05) is 39.6 Å². The Morgan fingerprint density at radius 3 is 1.14 bits per heavy atom. The number of aromatic nitrogens is 14. The molecule has 12 rings (SSSR count). The Balaban J connectivity index is 0.000000550. The van der Waals surface area contributed by atoms with E-state index in [2.05, 4.69) is 118 Å². The van der Waals surface area contributed by atoms with E-state index in [0.29, 0.717) is 35.6 Å². The zero-order valence-corrected chi connectivity index (χ0v) is 76.5. The van der Waals surface area contributed by atoms with Crippen LogP contribution in [0.3, 0.4) is 0 Å². The fraction of sp³-hybridized carbons (Fsp3) is 0.247. The van der Waals surface area contributed by atoms with Gasteiger partial charge in [-0.15, -0.1) is 12.4 Å². The third kappa shape index (κ3) is 41.3. The number of alkyl halides is 18. The summed E-state index contributed by atoms with van der Waals surface area (Å²) in [7, 11) is 0. The molecule has 0 aliphatic carbocycles. The largest absolute Gasteiger partial charge is 1.00 e. The maximum Gasteiger partial charge on any atom is 1.00 e. The number of amides is 1. The van der Waals surface area contributed by atoms with Crippen LogP contribution in [-0.2, 0) is 89.3 Å². The summed E-state index contributed by atoms with van der Waals surface area (Å²) >= 11 is 19.0. The molecule has 8 aromatic heterocycles. The summed E-state index contributed by atoms with van der Waals surface area (Å²) in [5.41, 5.74) is 1.91. The number of carboxylic acids is 1. The molecule has 0 saturated carbocycles. The van der Waals surface area contributed by atoms with Crippen molar-refractivity contribution in [2.45, 2.75) is 89.8 Å². The summed E-state index contributed by atoms with van der Waals surface area (Å²) in [6.45, 7) is 8.68. The number of esters is 5. The fourth-order valence-corrected chi connectivity index (χ4v) is 10.1. The molecule has 5 N–H and O–H groups in total. The van der Waals surface area contributed by atoms with Crippen molar-refractivity contribution in [1.82, 2.24) is 73.9 Å². The van der Waals surface area contributed by atoms with Gasteiger partial charge in [0.25, 0.3) is 0 Å². The molecule has 0 aliphatic rings. The molecule has 0 bridgehead atoms. The van der Waals surface area contributed by atoms with Crippen LogP contribution in [0, 0.1) is 0 Å². The predicted molar refractivity (Wildman–Crippen MR) is 456 cm³/mol. The Morgan fingerprint density at radius 2 is 0.770 bits per heavy atom. The van der Waals surface area contributed by atoms with E-state index in [1.165, 1.54) is 17.7 Å². The first-order valence-electron chi connectivity index (χ1n) is 37.9. The Morgan fingerprint density at radius 1 is 0.446 bits per heavy atom. The van der Waals surface area contributed by atoms with E-state index >= 15 is 0 Å². The maximum atomic E-state index is 13.1. The van der Waals surface area contributed by atoms with Gasteiger partial charge in [0, 0.05) is 59.4 Å². The molecule has 3 atom stereocenters. The van der Waals surface area contributed by atoms with Crippen LogP contribution >= 0.6 is 62.9 Å². The molecule has 4 aromatic carbocycles. The van der Waals surface area contributed by atoms with E-state index in [1.807, 2.05) is 78.1 Å². The molecule has 0 radical (unpaired) electrons. The van der Waals surface area contributed by atoms with Gasteiger partial charge in [-0.3, -0.25) is 32.9 Å². The molecule has 8 heterocycles. The van der Waals surface area contributed by atoms with E-state index in [1.54, 1.807) is 76.2 Å². The summed E-state index contributed by atoms with van der Waals surface area (Å²) < 4.78 is 259. The van der Waals surface area contributed by atoms with Gasteiger partial charge in [-0.05, 0) is 116 Å². The van der Waals surface area contributed by atoms with Gasteiger partial charge in [0.15, 0.2) is 52.2 Å². The third-order valence-corrected chi connectivity index (χ3v) is 15.7. The molecule has 12 aromatic rings. The number of nitrogens with zero attached hydrogens (tertiary/aromatic N) is 16. The van der Waals surface area contributed by atoms with Crippen LogP contribution in [0.15, 0.2) is 218 Å². The van der Waals surface area contributed by atoms with E-state index in [4.69, 9.17) is 31.9 Å². The zero-order valence-electron chi connectivity index (χ0n) is 71.8. The van der Waals surface area contributed by atoms with Crippen molar-refractivity contribution in [1.29, 1.82) is 0 Å². The number of aliphatic imine (C=N–C) groups is 2. The Labute approximate surface area is 810 Å². The molecule has 139 heavy (non-hydrogen) atoms. The summed E-state index contributed by atoms with van der Waals surface area (Å²) in [6.07, 6.45) is -19.3. The van der Waals surface area contributed by atoms with Crippen LogP contribution in [0.2, 0.25) is 5.28 Å². The molecule has 0 fully saturated rings. The maximum absolute atomic E-state index is 13.1. The molecule has 742 valence electrons. The molecule has 58 heteroatoms. The SMILES string of the molecule is CCOC(=O)C(N)c1nccc(C(F)(F)F)n1.CCOC(=O)C(N=C(c1ccccc1)c1ccccc1)c1nccc(C(F)(F)F)n1.CCOC(=O)C(NC=O)c1nccc(C(F)(F)F)n1.CCOC(=O)CN=C(c1ccccc1)c1ccccc1.CCOC(=O)c1ncn2ccc(C(F)(F)F)nc12.Cl.FC(F)(F)c1ccnc(Cl)n1.O=C(O)c1ncn2ccc(C(F)(F)F)nc12.O=P(Cl)(Cl)Cl.[Li+].[OH-]. The smallest absolute Gasteiger partial charge is 0.870 e. The second-order valence-corrected chi connectivity index (χ2v) is 32.0. The number of fused-ring (bicyclic) bond motifs is 2. The molecule has 3 unspecified atom stereocenters. The van der Waals surface area contributed by atoms with E-state index < -0.39 is 147 Å². The van der Waals surface area contributed by atoms with Crippen LogP contribution in [0.25, 0.3) is 11.3 Å². The molecule has 0 saturated heterocycles. The minimum absolute atomic E-state index is 0. The van der Waals surface area contributed by atoms with E-state index in [9.17, 15) is 117 Å². The van der Waals surface area contributed by atoms with Crippen LogP contribution in [0.1, 0.15) is 148 Å². The standard InChI is InChI=1S/C22H18F3N3O2.C17H17NO2.C10H10F3N3O3.C10H8F3N3O2.C9H10F3N3O2.C8H4F3N3O2.C5H2ClF3N2.Cl3OP.ClH.Li.H2O/c1-2-30-21(29)19(20-26-14-13-17(27-20)22(23,24)25)28-18(15-9-5-3-6-10-15)16-11-7-4-8-12-16;1-2-20-16(19)13-18-17(14-9-5-3-6-10-14)15-11-7-4-8-12-15;1-2-19-9(18)7(15-5-17)8-14-4-3-6(16-8)10(11,12)13;1-2-18-9(17)7-8-15-6(10(11,12)13)3-4-16(8)5-14-7;1-2-17-8(16)6(13)7-14-4-3-5(15-7)9(10,11)12;9-8(10,11)4-1-2-14-3-12-5(7(15)16)6(14)13-4;6-4-10-2-1-3(11-4)5(7,8)9;1-5(2,3)4;;;/h3-14,19H,2H2,1H3;3-12H,2,13H2,1H3;3-5,7H,2H2,1H3,(H,15,17);3-5H,2H2,1H3;3-4,6H,2,13H2,1H3;1-3H,(H,15,16);1-2H;;1H;;1H2/q;;;;;;;;;+1;/p-1. The van der Waals surface area contributed by atoms with Crippen LogP contribution in [0.4, 0.5) is 79.0 Å². The summed E-state index contributed by atoms with van der Waals surface area (Å²) in [4.78, 5) is 129. The normalized spacial score (nSPS) is 11.6. The van der Waals surface area contributed by atoms with Crippen molar-refractivity contribution in [2.24, 2.45) is 15.7 Å². The van der Waals surface area contributed by atoms with Crippen molar-refractivity contribution >= 4 is 128 Å². The molecule has 0 aliphatic heterocycles. The Hall–Kier alpha value is -13.0. The number of carbonyl (C=O) groups is 7. The second kappa shape index (κ2) is 57.4. The Bertz CT molecular complexity index is 5970. The predicted octanol–water partition coefficient (Wildman–Crippen LogP) is 15.2. The first kappa shape index (κ1) is 122. The van der Waals surface area contributed by atoms with Crippen LogP contribution < -0.4 is 29.9 Å². The zero-order chi connectivity index (χ0) is 102. The monoisotopic (exact) mass is 2090 g/mol. The number of hydrogen-bond acceptors (Lipinski definition) is 29. The van der Waals surface area contributed by atoms with Gasteiger partial charge >= 0.3 is 96.9 Å². The number of imidazole rings is 2. The van der Waals surface area contributed by atoms with Gasteiger partial charge in [0.05, 0.1) is 44.5 Å². The van der Waals surface area contributed by atoms with Crippen molar-refractivity contribution in [3.63, 3.8) is 0 Å². The first-order chi connectivity index (χ1) is 63.8. The van der Waals surface area contributed by atoms with Gasteiger partial charge in [-0.1, -0.05) is 121 Å². The Kier molecular flexibility index (Phi) is 50.4. The van der Waals surface area contributed by atoms with Gasteiger partial charge in [0.2, 0.25) is 17.7 Å². The second-order valence-electron chi connectivity index (χ2n) is 25.1. The van der Waals surface area contributed by atoms with E-state index in [-0.39, 0.29) is 105 Å². The van der Waals surface area contributed by atoms with Gasteiger partial charge in [-0.2, -0.15) is 79.0 Å². The minimum Gasteiger partial charge on any atom is -0.870 e. The number of carbonyl (C=O) groups excluding carboxylic acids is 6.